The fourth-order valence-electron chi connectivity index (χ4n) is 3.83. The second-order valence-corrected chi connectivity index (χ2v) is 9.30. The molecule has 1 amide bonds. The monoisotopic (exact) mass is 489 g/mol. The highest BCUT2D eigenvalue weighted by molar-refractivity contribution is 6.04. The van der Waals surface area contributed by atoms with Gasteiger partial charge in [-0.15, -0.1) is 0 Å². The summed E-state index contributed by atoms with van der Waals surface area (Å²) in [5.74, 6) is -0.0194. The summed E-state index contributed by atoms with van der Waals surface area (Å²) in [7, 11) is 8.17. The van der Waals surface area contributed by atoms with Crippen molar-refractivity contribution >= 4 is 28.6 Å². The molecule has 1 aliphatic carbocycles. The number of allylic oxidation sites excluding steroid dienone is 5. The number of nitrogens with zero attached hydrogens (tertiary/aromatic N) is 4. The zero-order valence-corrected chi connectivity index (χ0v) is 21.7. The quantitative estimate of drug-likeness (QED) is 0.607. The van der Waals surface area contributed by atoms with Crippen LogP contribution in [0.4, 0.5) is 11.4 Å². The molecule has 0 fully saturated rings. The van der Waals surface area contributed by atoms with Gasteiger partial charge in [0, 0.05) is 50.5 Å². The average molecular weight is 490 g/mol. The van der Waals surface area contributed by atoms with Crippen molar-refractivity contribution in [2.75, 3.05) is 38.4 Å². The molecule has 35 heavy (non-hydrogen) atoms. The van der Waals surface area contributed by atoms with Gasteiger partial charge >= 0.3 is 0 Å². The smallest absolute Gasteiger partial charge is 0.224 e. The third kappa shape index (κ3) is 6.55. The highest BCUT2D eigenvalue weighted by Crippen LogP contribution is 2.33. The zero-order chi connectivity index (χ0) is 24.3. The summed E-state index contributed by atoms with van der Waals surface area (Å²) in [4.78, 5) is 14.4. The summed E-state index contributed by atoms with van der Waals surface area (Å²) in [5.41, 5.74) is 7.28. The number of amides is 1. The van der Waals surface area contributed by atoms with Crippen molar-refractivity contribution < 1.29 is 21.8 Å². The molecule has 0 radical (unpaired) electrons. The van der Waals surface area contributed by atoms with E-state index in [1.54, 1.807) is 0 Å². The number of hydrogen-bond acceptors (Lipinski definition) is 4. The maximum atomic E-state index is 12.3. The number of rotatable bonds is 7. The fourth-order valence-corrected chi connectivity index (χ4v) is 3.83. The summed E-state index contributed by atoms with van der Waals surface area (Å²) in [6.07, 6.45) is 9.64. The average Bonchev–Trinajstić information content (AvgIpc) is 3.57. The minimum Gasteiger partial charge on any atom is -1.00 e. The third-order valence-corrected chi connectivity index (χ3v) is 6.07. The second kappa shape index (κ2) is 10.8. The lowest BCUT2D eigenvalue weighted by Gasteiger charge is -2.17. The van der Waals surface area contributed by atoms with Crippen LogP contribution >= 0.6 is 0 Å². The van der Waals surface area contributed by atoms with Crippen LogP contribution in [-0.2, 0) is 4.79 Å². The van der Waals surface area contributed by atoms with Crippen LogP contribution in [0.1, 0.15) is 30.9 Å². The van der Waals surface area contributed by atoms with Gasteiger partial charge in [0.05, 0.1) is 0 Å². The maximum Gasteiger partial charge on any atom is 0.224 e. The van der Waals surface area contributed by atoms with Gasteiger partial charge in [0.15, 0.2) is 11.4 Å². The van der Waals surface area contributed by atoms with Crippen molar-refractivity contribution in [3.8, 4) is 0 Å². The van der Waals surface area contributed by atoms with Crippen LogP contribution in [0.2, 0.25) is 0 Å². The van der Waals surface area contributed by atoms with Crippen LogP contribution in [0.25, 0.3) is 5.57 Å². The van der Waals surface area contributed by atoms with Gasteiger partial charge in [-0.2, -0.15) is 10.2 Å². The van der Waals surface area contributed by atoms with Gasteiger partial charge < -0.3 is 22.6 Å². The Morgan fingerprint density at radius 1 is 0.914 bits per heavy atom. The van der Waals surface area contributed by atoms with E-state index in [9.17, 15) is 4.79 Å². The van der Waals surface area contributed by atoms with Crippen LogP contribution in [0.3, 0.4) is 0 Å². The largest absolute Gasteiger partial charge is 1.00 e. The molecule has 0 atom stereocenters. The van der Waals surface area contributed by atoms with Gasteiger partial charge in [0.1, 0.15) is 14.1 Å². The Morgan fingerprint density at radius 3 is 1.94 bits per heavy atom. The highest BCUT2D eigenvalue weighted by atomic mass is 35.5. The minimum absolute atomic E-state index is 0. The molecule has 0 bridgehead atoms. The molecule has 6 nitrogen and oxygen atoms in total. The molecular formula is C28H32ClN5O. The summed E-state index contributed by atoms with van der Waals surface area (Å²) in [6, 6.07) is 16.7. The molecule has 0 unspecified atom stereocenters. The highest BCUT2D eigenvalue weighted by Gasteiger charge is 2.33. The van der Waals surface area contributed by atoms with E-state index in [0.29, 0.717) is 12.8 Å². The number of carbonyl (C=O) groups is 1. The topological polar surface area (TPSA) is 60.1 Å². The molecule has 0 aromatic heterocycles. The van der Waals surface area contributed by atoms with Gasteiger partial charge in [-0.05, 0) is 65.6 Å². The van der Waals surface area contributed by atoms with Crippen LogP contribution < -0.4 is 22.6 Å². The van der Waals surface area contributed by atoms with Crippen molar-refractivity contribution in [1.82, 2.24) is 0 Å². The summed E-state index contributed by atoms with van der Waals surface area (Å²) in [5, 5.41) is 10.9. The fraction of sp³-hybridized carbons (Fsp3) is 0.286. The Bertz CT molecular complexity index is 1210. The van der Waals surface area contributed by atoms with Gasteiger partial charge in [-0.3, -0.25) is 4.79 Å². The van der Waals surface area contributed by atoms with E-state index < -0.39 is 0 Å². The van der Waals surface area contributed by atoms with Crippen LogP contribution in [0.15, 0.2) is 88.6 Å². The van der Waals surface area contributed by atoms with Gasteiger partial charge in [-0.1, -0.05) is 24.3 Å². The Hall–Kier alpha value is -3.51. The molecule has 182 valence electrons. The SMILES string of the molecule is CN(C)c1ccc(C(=C2C=CC(=[N+](C)C)C=C2)c2ccc(NC(=O)CCC3(C)N=N3)cc2)cc1.[Cl-]. The Balaban J connectivity index is 0.00000342. The van der Waals surface area contributed by atoms with Crippen molar-refractivity contribution in [3.05, 3.63) is 89.5 Å². The lowest BCUT2D eigenvalue weighted by molar-refractivity contribution is -0.462. The summed E-state index contributed by atoms with van der Waals surface area (Å²) < 4.78 is 2.10. The second-order valence-electron chi connectivity index (χ2n) is 9.30. The van der Waals surface area contributed by atoms with E-state index in [2.05, 4.69) is 85.7 Å². The first-order chi connectivity index (χ1) is 16.2. The molecular weight excluding hydrogens is 458 g/mol. The molecule has 0 saturated carbocycles. The molecule has 1 heterocycles. The molecule has 2 aromatic carbocycles. The van der Waals surface area contributed by atoms with Crippen molar-refractivity contribution in [1.29, 1.82) is 0 Å². The number of carbonyl (C=O) groups excluding carboxylic acids is 1. The van der Waals surface area contributed by atoms with E-state index in [1.165, 1.54) is 0 Å². The van der Waals surface area contributed by atoms with Crippen molar-refractivity contribution in [3.63, 3.8) is 0 Å². The molecule has 0 saturated heterocycles. The lowest BCUT2D eigenvalue weighted by atomic mass is 9.90. The van der Waals surface area contributed by atoms with Gasteiger partial charge in [0.25, 0.3) is 0 Å². The normalized spacial score (nSPS) is 14.9. The minimum atomic E-state index is -0.352. The number of anilines is 2. The number of hydrogen-bond donors (Lipinski definition) is 1. The van der Waals surface area contributed by atoms with Crippen LogP contribution in [0.5, 0.6) is 0 Å². The Morgan fingerprint density at radius 2 is 1.46 bits per heavy atom. The number of benzene rings is 2. The molecule has 7 heteroatoms. The Labute approximate surface area is 213 Å². The maximum absolute atomic E-state index is 12.3. The molecule has 2 aromatic rings. The Kier molecular flexibility index (Phi) is 8.07. The first kappa shape index (κ1) is 26.1. The van der Waals surface area contributed by atoms with E-state index in [-0.39, 0.29) is 24.0 Å². The van der Waals surface area contributed by atoms with E-state index in [4.69, 9.17) is 0 Å². The van der Waals surface area contributed by atoms with Crippen molar-refractivity contribution in [2.24, 2.45) is 10.2 Å². The first-order valence-corrected chi connectivity index (χ1v) is 11.5. The summed E-state index contributed by atoms with van der Waals surface area (Å²) >= 11 is 0. The van der Waals surface area contributed by atoms with Gasteiger partial charge in [0.2, 0.25) is 5.91 Å². The predicted molar refractivity (Wildman–Crippen MR) is 140 cm³/mol. The lowest BCUT2D eigenvalue weighted by Crippen LogP contribution is -3.00. The molecule has 1 aliphatic heterocycles. The molecule has 1 N–H and O–H groups in total. The van der Waals surface area contributed by atoms with Crippen LogP contribution in [0, 0.1) is 0 Å². The predicted octanol–water partition coefficient (Wildman–Crippen LogP) is 2.30. The summed E-state index contributed by atoms with van der Waals surface area (Å²) in [6.45, 7) is 1.93. The number of halogens is 1. The third-order valence-electron chi connectivity index (χ3n) is 6.07. The standard InChI is InChI=1S/C28H31N5O.ClH/c1-28(30-31-28)19-18-26(34)29-23-12-6-20(7-13-23)27(21-8-14-24(15-9-21)32(2)3)22-10-16-25(17-11-22)33(4)5;/h6-17H,18-19H2,1-5H3;1H. The van der Waals surface area contributed by atoms with Gasteiger partial charge in [-0.25, -0.2) is 4.58 Å². The van der Waals surface area contributed by atoms with E-state index >= 15 is 0 Å². The van der Waals surface area contributed by atoms with Crippen molar-refractivity contribution in [2.45, 2.75) is 25.4 Å². The molecule has 4 rings (SSSR count). The number of nitrogens with one attached hydrogen (secondary N) is 1. The van der Waals surface area contributed by atoms with Crippen LogP contribution in [-0.4, -0.2) is 50.0 Å². The molecule has 0 spiro atoms. The first-order valence-electron chi connectivity index (χ1n) is 11.5. The molecule has 2 aliphatic rings. The van der Waals surface area contributed by atoms with E-state index in [1.807, 2.05) is 47.2 Å². The zero-order valence-electron chi connectivity index (χ0n) is 20.9. The van der Waals surface area contributed by atoms with E-state index in [0.717, 1.165) is 39.4 Å².